The van der Waals surface area contributed by atoms with Crippen LogP contribution >= 0.6 is 0 Å². The molecule has 11 nitrogen and oxygen atoms in total. The molecule has 2 aromatic heterocycles. The van der Waals surface area contributed by atoms with Crippen LogP contribution in [0.3, 0.4) is 0 Å². The normalized spacial score (nSPS) is 22.1. The van der Waals surface area contributed by atoms with E-state index in [1.165, 1.54) is 6.92 Å². The molecule has 2 aliphatic rings. The van der Waals surface area contributed by atoms with Crippen LogP contribution in [0.4, 0.5) is 0 Å². The Balaban J connectivity index is 1.45. The standard InChI is InChI=1S/C30H36N6O5/c1-15(2)7-22(29(40)41)33-28(39)23-10-30(6)11-24(30)36(23)25(38)14-35-27-16(3)8-19(20-12-31-18(5)32-13-20)9-21(27)26(34-35)17(4)37/h8-9,12-13,15,22-24H,7,10-11,14H2,1-6H3,(H,33,39)(H,40,41)/t22-,23-,24+,30-/m0/s1. The molecular weight excluding hydrogens is 524 g/mol. The Morgan fingerprint density at radius 2 is 1.78 bits per heavy atom. The van der Waals surface area contributed by atoms with Crippen LogP contribution in [0.5, 0.6) is 0 Å². The number of carbonyl (C=O) groups is 4. The SMILES string of the molecule is CC(=O)c1nn(CC(=O)N2[C@H](C(=O)N[C@@H](CC(C)C)C(=O)O)C[C@@]3(C)C[C@@H]23)c2c(C)cc(-c3cnc(C)nc3)cc12. The maximum atomic E-state index is 13.8. The number of carboxylic acid groups (broad SMARTS) is 1. The Labute approximate surface area is 238 Å². The molecule has 5 rings (SSSR count). The minimum Gasteiger partial charge on any atom is -0.480 e. The van der Waals surface area contributed by atoms with Crippen molar-refractivity contribution in [2.24, 2.45) is 11.3 Å². The van der Waals surface area contributed by atoms with Crippen molar-refractivity contribution in [3.8, 4) is 11.1 Å². The van der Waals surface area contributed by atoms with Crippen molar-refractivity contribution < 1.29 is 24.3 Å². The number of aliphatic carboxylic acids is 1. The number of amides is 2. The van der Waals surface area contributed by atoms with Crippen molar-refractivity contribution in [2.45, 2.75) is 85.5 Å². The average molecular weight is 561 g/mol. The number of Topliss-reactive ketones (excluding diaryl/α,β-unsaturated/α-hetero) is 1. The van der Waals surface area contributed by atoms with Gasteiger partial charge < -0.3 is 15.3 Å². The Morgan fingerprint density at radius 1 is 1.10 bits per heavy atom. The van der Waals surface area contributed by atoms with Crippen molar-refractivity contribution in [3.63, 3.8) is 0 Å². The van der Waals surface area contributed by atoms with Crippen LogP contribution in [0.25, 0.3) is 22.0 Å². The maximum absolute atomic E-state index is 13.8. The summed E-state index contributed by atoms with van der Waals surface area (Å²) in [5.74, 6) is -1.32. The van der Waals surface area contributed by atoms with Crippen LogP contribution in [0.1, 0.15) is 68.8 Å². The number of ketones is 1. The predicted octanol–water partition coefficient (Wildman–Crippen LogP) is 3.31. The van der Waals surface area contributed by atoms with Crippen molar-refractivity contribution in [1.29, 1.82) is 0 Å². The zero-order valence-corrected chi connectivity index (χ0v) is 24.3. The van der Waals surface area contributed by atoms with Gasteiger partial charge in [0.05, 0.1) is 5.52 Å². The first-order chi connectivity index (χ1) is 19.3. The number of fused-ring (bicyclic) bond motifs is 2. The highest BCUT2D eigenvalue weighted by molar-refractivity contribution is 6.07. The van der Waals surface area contributed by atoms with E-state index >= 15 is 0 Å². The molecular formula is C30H36N6O5. The third-order valence-corrected chi connectivity index (χ3v) is 8.31. The van der Waals surface area contributed by atoms with Crippen molar-refractivity contribution in [3.05, 3.63) is 41.6 Å². The number of nitrogens with zero attached hydrogens (tertiary/aromatic N) is 5. The summed E-state index contributed by atoms with van der Waals surface area (Å²) in [6.07, 6.45) is 5.02. The number of piperidine rings is 1. The molecule has 0 bridgehead atoms. The molecule has 216 valence electrons. The Kier molecular flexibility index (Phi) is 7.17. The number of hydrogen-bond donors (Lipinski definition) is 2. The molecule has 0 unspecified atom stereocenters. The molecule has 2 amide bonds. The number of carbonyl (C=O) groups excluding carboxylic acids is 3. The predicted molar refractivity (Wildman–Crippen MR) is 151 cm³/mol. The number of likely N-dealkylation sites (tertiary alicyclic amines) is 1. The minimum atomic E-state index is -1.09. The second-order valence-corrected chi connectivity index (χ2v) is 12.2. The number of hydrogen-bond acceptors (Lipinski definition) is 7. The lowest BCUT2D eigenvalue weighted by atomic mass is 10.00. The molecule has 0 spiro atoms. The monoisotopic (exact) mass is 560 g/mol. The Hall–Kier alpha value is -4.15. The van der Waals surface area contributed by atoms with Crippen molar-refractivity contribution >= 4 is 34.5 Å². The first-order valence-corrected chi connectivity index (χ1v) is 13.9. The van der Waals surface area contributed by atoms with E-state index in [1.54, 1.807) is 22.0 Å². The second-order valence-electron chi connectivity index (χ2n) is 12.2. The highest BCUT2D eigenvalue weighted by atomic mass is 16.4. The third-order valence-electron chi connectivity index (χ3n) is 8.31. The first-order valence-electron chi connectivity index (χ1n) is 13.9. The summed E-state index contributed by atoms with van der Waals surface area (Å²) in [5, 5.41) is 17.5. The largest absolute Gasteiger partial charge is 0.480 e. The van der Waals surface area contributed by atoms with Gasteiger partial charge in [-0.05, 0) is 67.7 Å². The van der Waals surface area contributed by atoms with Gasteiger partial charge in [-0.2, -0.15) is 5.10 Å². The van der Waals surface area contributed by atoms with Gasteiger partial charge in [0.1, 0.15) is 30.1 Å². The third kappa shape index (κ3) is 5.32. The number of aryl methyl sites for hydroxylation is 2. The minimum absolute atomic E-state index is 0.0782. The van der Waals surface area contributed by atoms with E-state index in [9.17, 15) is 24.3 Å². The number of benzene rings is 1. The molecule has 1 saturated carbocycles. The maximum Gasteiger partial charge on any atom is 0.326 e. The van der Waals surface area contributed by atoms with E-state index < -0.39 is 24.0 Å². The smallest absolute Gasteiger partial charge is 0.326 e. The van der Waals surface area contributed by atoms with Gasteiger partial charge in [-0.3, -0.25) is 19.1 Å². The van der Waals surface area contributed by atoms with Gasteiger partial charge in [0.25, 0.3) is 0 Å². The summed E-state index contributed by atoms with van der Waals surface area (Å²) in [6.45, 7) is 10.8. The van der Waals surface area contributed by atoms with E-state index in [0.29, 0.717) is 29.6 Å². The van der Waals surface area contributed by atoms with Crippen LogP contribution < -0.4 is 5.32 Å². The van der Waals surface area contributed by atoms with Crippen molar-refractivity contribution in [1.82, 2.24) is 30.0 Å². The fraction of sp³-hybridized carbons (Fsp3) is 0.500. The van der Waals surface area contributed by atoms with Gasteiger partial charge in [-0.1, -0.05) is 20.8 Å². The topological polar surface area (TPSA) is 147 Å². The molecule has 3 heterocycles. The van der Waals surface area contributed by atoms with E-state index in [0.717, 1.165) is 23.1 Å². The highest BCUT2D eigenvalue weighted by Crippen LogP contribution is 2.59. The molecule has 2 fully saturated rings. The number of aromatic nitrogens is 4. The van der Waals surface area contributed by atoms with E-state index in [1.807, 2.05) is 46.8 Å². The highest BCUT2D eigenvalue weighted by Gasteiger charge is 2.64. The van der Waals surface area contributed by atoms with E-state index in [4.69, 9.17) is 0 Å². The van der Waals surface area contributed by atoms with Gasteiger partial charge in [0, 0.05) is 36.3 Å². The molecule has 1 saturated heterocycles. The molecule has 41 heavy (non-hydrogen) atoms. The second kappa shape index (κ2) is 10.4. The van der Waals surface area contributed by atoms with Crippen LogP contribution in [0.2, 0.25) is 0 Å². The molecule has 1 aliphatic carbocycles. The molecule has 2 N–H and O–H groups in total. The lowest BCUT2D eigenvalue weighted by Gasteiger charge is -2.28. The molecule has 4 atom stereocenters. The molecule has 3 aromatic rings. The summed E-state index contributed by atoms with van der Waals surface area (Å²) in [4.78, 5) is 61.7. The fourth-order valence-corrected chi connectivity index (χ4v) is 6.14. The summed E-state index contributed by atoms with van der Waals surface area (Å²) >= 11 is 0. The number of nitrogens with one attached hydrogen (secondary N) is 1. The summed E-state index contributed by atoms with van der Waals surface area (Å²) in [5.41, 5.74) is 3.22. The quantitative estimate of drug-likeness (QED) is 0.379. The lowest BCUT2D eigenvalue weighted by molar-refractivity contribution is -0.145. The summed E-state index contributed by atoms with van der Waals surface area (Å²) in [6, 6.07) is 1.94. The molecule has 1 aliphatic heterocycles. The lowest BCUT2D eigenvalue weighted by Crippen LogP contribution is -2.53. The Bertz CT molecular complexity index is 1560. The van der Waals surface area contributed by atoms with Gasteiger partial charge in [-0.25, -0.2) is 14.8 Å². The molecule has 11 heteroatoms. The van der Waals surface area contributed by atoms with Crippen LogP contribution in [0, 0.1) is 25.2 Å². The van der Waals surface area contributed by atoms with Crippen LogP contribution in [-0.2, 0) is 20.9 Å². The molecule has 0 radical (unpaired) electrons. The first kappa shape index (κ1) is 28.4. The number of rotatable bonds is 9. The van der Waals surface area contributed by atoms with E-state index in [2.05, 4.69) is 20.4 Å². The number of carboxylic acids is 1. The zero-order valence-electron chi connectivity index (χ0n) is 24.3. The summed E-state index contributed by atoms with van der Waals surface area (Å²) < 4.78 is 1.55. The van der Waals surface area contributed by atoms with Gasteiger partial charge in [0.2, 0.25) is 11.8 Å². The van der Waals surface area contributed by atoms with E-state index in [-0.39, 0.29) is 41.3 Å². The fourth-order valence-electron chi connectivity index (χ4n) is 6.14. The zero-order chi connectivity index (χ0) is 29.8. The van der Waals surface area contributed by atoms with Crippen LogP contribution in [-0.4, -0.2) is 71.4 Å². The van der Waals surface area contributed by atoms with Crippen molar-refractivity contribution in [2.75, 3.05) is 0 Å². The van der Waals surface area contributed by atoms with Gasteiger partial charge in [0.15, 0.2) is 5.78 Å². The summed E-state index contributed by atoms with van der Waals surface area (Å²) in [7, 11) is 0. The molecule has 1 aromatic carbocycles. The Morgan fingerprint density at radius 3 is 2.39 bits per heavy atom. The van der Waals surface area contributed by atoms with Gasteiger partial charge >= 0.3 is 5.97 Å². The van der Waals surface area contributed by atoms with Crippen LogP contribution in [0.15, 0.2) is 24.5 Å². The van der Waals surface area contributed by atoms with Gasteiger partial charge in [-0.15, -0.1) is 0 Å². The average Bonchev–Trinajstić information content (AvgIpc) is 3.24.